The highest BCUT2D eigenvalue weighted by molar-refractivity contribution is 5.81. The van der Waals surface area contributed by atoms with Crippen LogP contribution in [0.3, 0.4) is 0 Å². The van der Waals surface area contributed by atoms with Gasteiger partial charge >= 0.3 is 0 Å². The zero-order chi connectivity index (χ0) is 18.2. The summed E-state index contributed by atoms with van der Waals surface area (Å²) in [5.74, 6) is 1.70. The molecule has 2 unspecified atom stereocenters. The summed E-state index contributed by atoms with van der Waals surface area (Å²) in [7, 11) is 1.74. The number of nitrogens with zero attached hydrogens (tertiary/aromatic N) is 2. The van der Waals surface area contributed by atoms with Crippen LogP contribution in [0.5, 0.6) is 0 Å². The van der Waals surface area contributed by atoms with E-state index in [1.54, 1.807) is 7.11 Å². The molecule has 1 aromatic carbocycles. The monoisotopic (exact) mass is 359 g/mol. The molecule has 3 rings (SSSR count). The molecule has 1 aliphatic heterocycles. The van der Waals surface area contributed by atoms with Gasteiger partial charge in [-0.15, -0.1) is 0 Å². The lowest BCUT2D eigenvalue weighted by Crippen LogP contribution is -2.48. The lowest BCUT2D eigenvalue weighted by molar-refractivity contribution is 0.00988. The molecule has 0 amide bonds. The minimum absolute atomic E-state index is 0.379. The van der Waals surface area contributed by atoms with Crippen LogP contribution < -0.4 is 5.32 Å². The molecule has 1 heterocycles. The van der Waals surface area contributed by atoms with Gasteiger partial charge in [0, 0.05) is 51.9 Å². The molecule has 2 fully saturated rings. The minimum Gasteiger partial charge on any atom is -0.385 e. The summed E-state index contributed by atoms with van der Waals surface area (Å²) in [4.78, 5) is 7.14. The Hall–Kier alpha value is -1.59. The highest BCUT2D eigenvalue weighted by Crippen LogP contribution is 2.40. The van der Waals surface area contributed by atoms with E-state index in [0.29, 0.717) is 18.1 Å². The summed E-state index contributed by atoms with van der Waals surface area (Å²) in [5, 5.41) is 3.70. The lowest BCUT2D eigenvalue weighted by Gasteiger charge is -2.34. The van der Waals surface area contributed by atoms with Gasteiger partial charge in [-0.2, -0.15) is 0 Å². The predicted molar refractivity (Wildman–Crippen MR) is 106 cm³/mol. The number of hydrogen-bond donors (Lipinski definition) is 1. The van der Waals surface area contributed by atoms with E-state index in [2.05, 4.69) is 47.5 Å². The van der Waals surface area contributed by atoms with Crippen LogP contribution in [-0.4, -0.2) is 63.0 Å². The van der Waals surface area contributed by atoms with Gasteiger partial charge in [-0.1, -0.05) is 30.3 Å². The molecule has 26 heavy (non-hydrogen) atoms. The maximum absolute atomic E-state index is 5.97. The van der Waals surface area contributed by atoms with Gasteiger partial charge in [0.25, 0.3) is 0 Å². The van der Waals surface area contributed by atoms with Crippen LogP contribution in [-0.2, 0) is 9.47 Å². The Morgan fingerprint density at radius 1 is 1.19 bits per heavy atom. The summed E-state index contributed by atoms with van der Waals surface area (Å²) in [6, 6.07) is 11.3. The van der Waals surface area contributed by atoms with Crippen LogP contribution in [0.25, 0.3) is 0 Å². The molecule has 144 valence electrons. The zero-order valence-electron chi connectivity index (χ0n) is 16.2. The van der Waals surface area contributed by atoms with E-state index in [9.17, 15) is 0 Å². The number of ether oxygens (including phenoxy) is 2. The van der Waals surface area contributed by atoms with Crippen LogP contribution in [0.15, 0.2) is 35.3 Å². The van der Waals surface area contributed by atoms with E-state index in [1.165, 1.54) is 12.0 Å². The van der Waals surface area contributed by atoms with Crippen molar-refractivity contribution < 1.29 is 9.47 Å². The van der Waals surface area contributed by atoms with Gasteiger partial charge in [0.15, 0.2) is 5.96 Å². The van der Waals surface area contributed by atoms with Crippen molar-refractivity contribution in [3.05, 3.63) is 35.9 Å². The molecule has 2 atom stereocenters. The number of piperidine rings is 1. The largest absolute Gasteiger partial charge is 0.385 e. The van der Waals surface area contributed by atoms with Crippen molar-refractivity contribution >= 4 is 5.96 Å². The second-order valence-electron chi connectivity index (χ2n) is 7.21. The Labute approximate surface area is 157 Å². The molecule has 2 aliphatic rings. The van der Waals surface area contributed by atoms with Crippen molar-refractivity contribution in [3.8, 4) is 0 Å². The number of rotatable bonds is 8. The number of likely N-dealkylation sites (tertiary alicyclic amines) is 1. The smallest absolute Gasteiger partial charge is 0.194 e. The van der Waals surface area contributed by atoms with Gasteiger partial charge < -0.3 is 19.7 Å². The van der Waals surface area contributed by atoms with Crippen LogP contribution in [0.4, 0.5) is 0 Å². The molecule has 1 aliphatic carbocycles. The molecular formula is C21H33N3O2. The fourth-order valence-electron chi connectivity index (χ4n) is 3.66. The third-order valence-corrected chi connectivity index (χ3v) is 5.23. The predicted octanol–water partition coefficient (Wildman–Crippen LogP) is 3.03. The molecule has 0 spiro atoms. The molecule has 1 aromatic rings. The minimum atomic E-state index is 0.379. The average Bonchev–Trinajstić information content (AvgIpc) is 3.45. The van der Waals surface area contributed by atoms with Crippen LogP contribution in [0.1, 0.15) is 44.1 Å². The van der Waals surface area contributed by atoms with Gasteiger partial charge in [0.2, 0.25) is 0 Å². The second-order valence-corrected chi connectivity index (χ2v) is 7.21. The number of methoxy groups -OCH3 is 1. The van der Waals surface area contributed by atoms with Crippen molar-refractivity contribution in [3.63, 3.8) is 0 Å². The molecule has 1 N–H and O–H groups in total. The van der Waals surface area contributed by atoms with E-state index in [0.717, 1.165) is 58.1 Å². The number of nitrogens with one attached hydrogen (secondary N) is 1. The molecule has 0 bridgehead atoms. The summed E-state index contributed by atoms with van der Waals surface area (Å²) in [5.41, 5.74) is 1.43. The highest BCUT2D eigenvalue weighted by Gasteiger charge is 2.39. The second kappa shape index (κ2) is 9.93. The Morgan fingerprint density at radius 2 is 1.96 bits per heavy atom. The van der Waals surface area contributed by atoms with Gasteiger partial charge in [-0.25, -0.2) is 0 Å². The third kappa shape index (κ3) is 5.45. The molecule has 5 heteroatoms. The molecule has 5 nitrogen and oxygen atoms in total. The van der Waals surface area contributed by atoms with Crippen LogP contribution in [0.2, 0.25) is 0 Å². The van der Waals surface area contributed by atoms with E-state index in [1.807, 2.05) is 0 Å². The average molecular weight is 360 g/mol. The first-order chi connectivity index (χ1) is 12.8. The van der Waals surface area contributed by atoms with Crippen molar-refractivity contribution in [1.82, 2.24) is 10.2 Å². The molecule has 0 aromatic heterocycles. The van der Waals surface area contributed by atoms with Crippen molar-refractivity contribution in [2.45, 2.75) is 50.7 Å². The quantitative estimate of drug-likeness (QED) is 0.440. The first-order valence-corrected chi connectivity index (χ1v) is 10.0. The first kappa shape index (κ1) is 19.2. The van der Waals surface area contributed by atoms with Gasteiger partial charge in [0.1, 0.15) is 0 Å². The van der Waals surface area contributed by atoms with Crippen molar-refractivity contribution in [2.75, 3.05) is 40.0 Å². The maximum atomic E-state index is 5.97. The van der Waals surface area contributed by atoms with E-state index in [4.69, 9.17) is 14.5 Å². The van der Waals surface area contributed by atoms with Gasteiger partial charge in [-0.3, -0.25) is 4.99 Å². The van der Waals surface area contributed by atoms with E-state index < -0.39 is 0 Å². The molecule has 1 saturated carbocycles. The highest BCUT2D eigenvalue weighted by atomic mass is 16.5. The Morgan fingerprint density at radius 3 is 2.65 bits per heavy atom. The topological polar surface area (TPSA) is 46.1 Å². The fourth-order valence-corrected chi connectivity index (χ4v) is 3.66. The summed E-state index contributed by atoms with van der Waals surface area (Å²) in [6.45, 7) is 6.54. The summed E-state index contributed by atoms with van der Waals surface area (Å²) >= 11 is 0. The summed E-state index contributed by atoms with van der Waals surface area (Å²) < 4.78 is 11.1. The molecule has 1 saturated heterocycles. The zero-order valence-corrected chi connectivity index (χ0v) is 16.2. The number of hydrogen-bond acceptors (Lipinski definition) is 3. The van der Waals surface area contributed by atoms with E-state index in [-0.39, 0.29) is 0 Å². The van der Waals surface area contributed by atoms with Crippen molar-refractivity contribution in [1.29, 1.82) is 0 Å². The molecule has 0 radical (unpaired) electrons. The third-order valence-electron chi connectivity index (χ3n) is 5.23. The maximum Gasteiger partial charge on any atom is 0.194 e. The first-order valence-electron chi connectivity index (χ1n) is 10.0. The standard InChI is InChI=1S/C21H33N3O2/c1-3-22-21(23-20-16-19(20)17-8-5-4-6-9-17)24-12-10-18(11-13-24)26-15-7-14-25-2/h4-6,8-9,18-20H,3,7,10-16H2,1-2H3,(H,22,23). The fraction of sp³-hybridized carbons (Fsp3) is 0.667. The van der Waals surface area contributed by atoms with Crippen LogP contribution >= 0.6 is 0 Å². The van der Waals surface area contributed by atoms with Gasteiger partial charge in [-0.05, 0) is 38.2 Å². The number of guanidine groups is 1. The van der Waals surface area contributed by atoms with Gasteiger partial charge in [0.05, 0.1) is 6.10 Å². The normalized spacial score (nSPS) is 23.9. The number of aliphatic imine (C=N–C) groups is 1. The van der Waals surface area contributed by atoms with Crippen LogP contribution in [0, 0.1) is 0 Å². The lowest BCUT2D eigenvalue weighted by atomic mass is 10.1. The Kier molecular flexibility index (Phi) is 7.32. The van der Waals surface area contributed by atoms with E-state index >= 15 is 0 Å². The molecular weight excluding hydrogens is 326 g/mol. The van der Waals surface area contributed by atoms with Crippen molar-refractivity contribution in [2.24, 2.45) is 4.99 Å². The SMILES string of the molecule is CCN=C(NC1CC1c1ccccc1)N1CCC(OCCCOC)CC1. The Bertz CT molecular complexity index is 556. The Balaban J connectivity index is 1.44. The summed E-state index contributed by atoms with van der Waals surface area (Å²) in [6.07, 6.45) is 4.70. The number of benzene rings is 1.